The Morgan fingerprint density at radius 3 is 2.70 bits per heavy atom. The van der Waals surface area contributed by atoms with Crippen LogP contribution in [0.5, 0.6) is 5.75 Å². The summed E-state index contributed by atoms with van der Waals surface area (Å²) in [5.41, 5.74) is 1.95. The first-order chi connectivity index (χ1) is 10.9. The van der Waals surface area contributed by atoms with E-state index in [0.717, 1.165) is 42.9 Å². The normalized spacial score (nSPS) is 19.9. The first-order valence-electron chi connectivity index (χ1n) is 7.07. The largest absolute Gasteiger partial charge is 0.497 e. The summed E-state index contributed by atoms with van der Waals surface area (Å²) >= 11 is 0. The number of hydrogen-bond acceptors (Lipinski definition) is 4. The molecule has 1 aromatic rings. The maximum Gasteiger partial charge on any atom is 0.446 e. The van der Waals surface area contributed by atoms with Gasteiger partial charge in [-0.25, -0.2) is 0 Å². The summed E-state index contributed by atoms with van der Waals surface area (Å²) in [5.74, 6) is 0.905. The molecule has 0 spiro atoms. The molecular weight excluding hydrogens is 313 g/mol. The van der Waals surface area contributed by atoms with E-state index in [1.54, 1.807) is 7.11 Å². The monoisotopic (exact) mass is 330 g/mol. The molecule has 126 valence electrons. The summed E-state index contributed by atoms with van der Waals surface area (Å²) in [5, 5.41) is 3.34. The fourth-order valence-corrected chi connectivity index (χ4v) is 2.68. The van der Waals surface area contributed by atoms with Crippen molar-refractivity contribution < 1.29 is 27.5 Å². The number of halogens is 3. The van der Waals surface area contributed by atoms with E-state index in [0.29, 0.717) is 6.04 Å². The van der Waals surface area contributed by atoms with Gasteiger partial charge in [0.05, 0.1) is 7.11 Å². The molecule has 1 fully saturated rings. The number of fused-ring (bicyclic) bond motifs is 2. The molecule has 0 unspecified atom stereocenters. The third-order valence-electron chi connectivity index (χ3n) is 3.75. The number of nitrogens with one attached hydrogen (secondary N) is 1. The fraction of sp³-hybridized carbons (Fsp3) is 0.467. The zero-order valence-electron chi connectivity index (χ0n) is 12.5. The average Bonchev–Trinajstić information content (AvgIpc) is 2.55. The Hall–Kier alpha value is -2.09. The maximum atomic E-state index is 12.4. The van der Waals surface area contributed by atoms with Gasteiger partial charge in [-0.05, 0) is 24.1 Å². The molecule has 2 aliphatic heterocycles. The molecule has 2 heterocycles. The van der Waals surface area contributed by atoms with Gasteiger partial charge in [0.2, 0.25) is 6.29 Å². The number of carbonyl (C=O) groups is 2. The van der Waals surface area contributed by atoms with Crippen molar-refractivity contribution in [2.24, 2.45) is 0 Å². The number of aldehydes is 1. The van der Waals surface area contributed by atoms with Gasteiger partial charge in [-0.3, -0.25) is 9.59 Å². The Balaban J connectivity index is 0.000000277. The summed E-state index contributed by atoms with van der Waals surface area (Å²) in [4.78, 5) is 23.0. The van der Waals surface area contributed by atoms with Crippen LogP contribution in [0, 0.1) is 0 Å². The maximum absolute atomic E-state index is 12.4. The molecule has 1 amide bonds. The van der Waals surface area contributed by atoms with Crippen molar-refractivity contribution in [3.63, 3.8) is 0 Å². The predicted molar refractivity (Wildman–Crippen MR) is 76.5 cm³/mol. The molecule has 0 radical (unpaired) electrons. The van der Waals surface area contributed by atoms with Crippen molar-refractivity contribution in [1.82, 2.24) is 10.2 Å². The van der Waals surface area contributed by atoms with Gasteiger partial charge in [0.15, 0.2) is 0 Å². The number of nitrogens with zero attached hydrogens (tertiary/aromatic N) is 1. The highest BCUT2D eigenvalue weighted by molar-refractivity contribution is 5.97. The Labute approximate surface area is 131 Å². The molecule has 0 aromatic heterocycles. The summed E-state index contributed by atoms with van der Waals surface area (Å²) < 4.78 is 36.4. The van der Waals surface area contributed by atoms with E-state index >= 15 is 0 Å². The number of amides is 1. The molecule has 8 heteroatoms. The van der Waals surface area contributed by atoms with Gasteiger partial charge in [-0.2, -0.15) is 13.2 Å². The second-order valence-corrected chi connectivity index (χ2v) is 5.24. The van der Waals surface area contributed by atoms with Crippen LogP contribution in [0.4, 0.5) is 13.2 Å². The molecule has 0 saturated carbocycles. The van der Waals surface area contributed by atoms with Crippen molar-refractivity contribution in [2.75, 3.05) is 26.7 Å². The molecule has 1 N–H and O–H groups in total. The van der Waals surface area contributed by atoms with Gasteiger partial charge in [-0.1, -0.05) is 6.07 Å². The molecular formula is C15H17F3N2O3. The Morgan fingerprint density at radius 1 is 1.39 bits per heavy atom. The number of alkyl halides is 3. The SMILES string of the molecule is COc1ccc2c(c1)C(=O)N1CCNC[C@H]1C2.O=CC(F)(F)F. The number of benzene rings is 1. The molecule has 2 aliphatic rings. The van der Waals surface area contributed by atoms with Crippen molar-refractivity contribution in [1.29, 1.82) is 0 Å². The molecule has 5 nitrogen and oxygen atoms in total. The number of methoxy groups -OCH3 is 1. The molecule has 1 aromatic carbocycles. The quantitative estimate of drug-likeness (QED) is 0.791. The lowest BCUT2D eigenvalue weighted by Gasteiger charge is -2.40. The number of carbonyl (C=O) groups excluding carboxylic acids is 2. The molecule has 3 rings (SSSR count). The number of ether oxygens (including phenoxy) is 1. The summed E-state index contributed by atoms with van der Waals surface area (Å²) in [6, 6.07) is 6.11. The van der Waals surface area contributed by atoms with E-state index < -0.39 is 12.5 Å². The smallest absolute Gasteiger partial charge is 0.446 e. The van der Waals surface area contributed by atoms with E-state index in [-0.39, 0.29) is 5.91 Å². The van der Waals surface area contributed by atoms with Crippen molar-refractivity contribution in [3.8, 4) is 5.75 Å². The van der Waals surface area contributed by atoms with Crippen LogP contribution >= 0.6 is 0 Å². The van der Waals surface area contributed by atoms with E-state index in [1.165, 1.54) is 0 Å². The van der Waals surface area contributed by atoms with Crippen LogP contribution in [0.1, 0.15) is 15.9 Å². The fourth-order valence-electron chi connectivity index (χ4n) is 2.68. The Bertz CT molecular complexity index is 590. The van der Waals surface area contributed by atoms with Crippen molar-refractivity contribution >= 4 is 12.2 Å². The van der Waals surface area contributed by atoms with Crippen molar-refractivity contribution in [3.05, 3.63) is 29.3 Å². The van der Waals surface area contributed by atoms with Crippen LogP contribution in [0.15, 0.2) is 18.2 Å². The first kappa shape index (κ1) is 17.3. The van der Waals surface area contributed by atoms with Crippen molar-refractivity contribution in [2.45, 2.75) is 18.6 Å². The van der Waals surface area contributed by atoms with Crippen LogP contribution in [0.25, 0.3) is 0 Å². The van der Waals surface area contributed by atoms with E-state index in [9.17, 15) is 18.0 Å². The minimum absolute atomic E-state index is 0.150. The first-order valence-corrected chi connectivity index (χ1v) is 7.07. The van der Waals surface area contributed by atoms with Crippen LogP contribution in [-0.4, -0.2) is 56.1 Å². The van der Waals surface area contributed by atoms with Gasteiger partial charge < -0.3 is 15.0 Å². The molecule has 0 bridgehead atoms. The highest BCUT2D eigenvalue weighted by Gasteiger charge is 2.33. The Kier molecular flexibility index (Phi) is 5.25. The van der Waals surface area contributed by atoms with E-state index in [4.69, 9.17) is 9.53 Å². The summed E-state index contributed by atoms with van der Waals surface area (Å²) in [7, 11) is 1.63. The third kappa shape index (κ3) is 4.22. The van der Waals surface area contributed by atoms with Crippen LogP contribution in [-0.2, 0) is 11.2 Å². The lowest BCUT2D eigenvalue weighted by Crippen LogP contribution is -2.56. The zero-order valence-corrected chi connectivity index (χ0v) is 12.5. The number of hydrogen-bond donors (Lipinski definition) is 1. The second kappa shape index (κ2) is 6.99. The highest BCUT2D eigenvalue weighted by atomic mass is 19.4. The van der Waals surface area contributed by atoms with Crippen LogP contribution in [0.2, 0.25) is 0 Å². The molecule has 1 atom stereocenters. The molecule has 1 saturated heterocycles. The zero-order chi connectivity index (χ0) is 17.0. The topological polar surface area (TPSA) is 58.6 Å². The van der Waals surface area contributed by atoms with Gasteiger partial charge in [-0.15, -0.1) is 0 Å². The minimum atomic E-state index is -4.64. The molecule has 23 heavy (non-hydrogen) atoms. The minimum Gasteiger partial charge on any atom is -0.497 e. The van der Waals surface area contributed by atoms with Crippen LogP contribution in [0.3, 0.4) is 0 Å². The summed E-state index contributed by atoms with van der Waals surface area (Å²) in [6.07, 6.45) is -4.76. The molecule has 0 aliphatic carbocycles. The van der Waals surface area contributed by atoms with E-state index in [1.807, 2.05) is 23.1 Å². The van der Waals surface area contributed by atoms with Gasteiger partial charge in [0.25, 0.3) is 5.91 Å². The summed E-state index contributed by atoms with van der Waals surface area (Å²) in [6.45, 7) is 2.60. The highest BCUT2D eigenvalue weighted by Crippen LogP contribution is 2.27. The lowest BCUT2D eigenvalue weighted by molar-refractivity contribution is -0.156. The van der Waals surface area contributed by atoms with Gasteiger partial charge in [0, 0.05) is 31.2 Å². The van der Waals surface area contributed by atoms with E-state index in [2.05, 4.69) is 5.32 Å². The van der Waals surface area contributed by atoms with Crippen LogP contribution < -0.4 is 10.1 Å². The second-order valence-electron chi connectivity index (χ2n) is 5.24. The Morgan fingerprint density at radius 2 is 2.09 bits per heavy atom. The predicted octanol–water partition coefficient (Wildman–Crippen LogP) is 1.41. The standard InChI is InChI=1S/C13H16N2O2.C2HF3O/c1-17-11-3-2-9-6-10-8-14-4-5-15(10)13(16)12(9)7-11;3-2(4,5)1-6/h2-3,7,10,14H,4-6,8H2,1H3;1H/t10-;/m1./s1. The third-order valence-corrected chi connectivity index (χ3v) is 3.75. The van der Waals surface area contributed by atoms with Gasteiger partial charge in [0.1, 0.15) is 5.75 Å². The lowest BCUT2D eigenvalue weighted by atomic mass is 9.92. The average molecular weight is 330 g/mol. The number of piperazine rings is 1. The van der Waals surface area contributed by atoms with Gasteiger partial charge >= 0.3 is 6.18 Å². The number of rotatable bonds is 1.